The maximum atomic E-state index is 5.85. The summed E-state index contributed by atoms with van der Waals surface area (Å²) < 4.78 is 13.4. The molecule has 3 heterocycles. The normalized spacial score (nSPS) is 20.4. The summed E-state index contributed by atoms with van der Waals surface area (Å²) in [4.78, 5) is 6.76. The Kier molecular flexibility index (Phi) is 4.99. The van der Waals surface area contributed by atoms with Gasteiger partial charge in [0, 0.05) is 50.8 Å². The first-order chi connectivity index (χ1) is 12.3. The number of rotatable bonds is 8. The molecule has 0 radical (unpaired) electrons. The summed E-state index contributed by atoms with van der Waals surface area (Å²) in [5.41, 5.74) is 2.39. The number of fused-ring (bicyclic) bond motifs is 1. The lowest BCUT2D eigenvalue weighted by molar-refractivity contribution is 0.0902. The van der Waals surface area contributed by atoms with Crippen molar-refractivity contribution in [3.63, 3.8) is 0 Å². The van der Waals surface area contributed by atoms with E-state index in [1.807, 2.05) is 12.3 Å². The van der Waals surface area contributed by atoms with Crippen molar-refractivity contribution < 1.29 is 9.47 Å². The van der Waals surface area contributed by atoms with Gasteiger partial charge in [-0.2, -0.15) is 5.10 Å². The third-order valence-electron chi connectivity index (χ3n) is 5.04. The number of hydrogen-bond acceptors (Lipinski definition) is 5. The Bertz CT molecular complexity index is 698. The van der Waals surface area contributed by atoms with E-state index in [1.54, 1.807) is 13.3 Å². The highest BCUT2D eigenvalue weighted by molar-refractivity contribution is 5.25. The van der Waals surface area contributed by atoms with E-state index in [4.69, 9.17) is 9.47 Å². The predicted molar refractivity (Wildman–Crippen MR) is 94.3 cm³/mol. The third-order valence-corrected chi connectivity index (χ3v) is 5.04. The van der Waals surface area contributed by atoms with Gasteiger partial charge in [-0.1, -0.05) is 6.07 Å². The van der Waals surface area contributed by atoms with Crippen LogP contribution in [0, 0.1) is 5.92 Å². The van der Waals surface area contributed by atoms with Crippen molar-refractivity contribution in [1.82, 2.24) is 19.7 Å². The van der Waals surface area contributed by atoms with Crippen LogP contribution in [0.5, 0.6) is 5.88 Å². The Hall–Kier alpha value is -1.92. The summed E-state index contributed by atoms with van der Waals surface area (Å²) in [6.07, 6.45) is 7.36. The molecule has 2 aliphatic rings. The molecule has 0 unspecified atom stereocenters. The van der Waals surface area contributed by atoms with Gasteiger partial charge in [-0.15, -0.1) is 0 Å². The fraction of sp³-hybridized carbons (Fsp3) is 0.579. The highest BCUT2D eigenvalue weighted by atomic mass is 16.5. The molecule has 0 amide bonds. The molecule has 4 rings (SSSR count). The first-order valence-electron chi connectivity index (χ1n) is 9.14. The average Bonchev–Trinajstić information content (AvgIpc) is 3.34. The molecular weight excluding hydrogens is 316 g/mol. The highest BCUT2D eigenvalue weighted by Gasteiger charge is 2.26. The van der Waals surface area contributed by atoms with Gasteiger partial charge in [0.1, 0.15) is 0 Å². The second kappa shape index (κ2) is 7.54. The van der Waals surface area contributed by atoms with E-state index in [-0.39, 0.29) is 0 Å². The van der Waals surface area contributed by atoms with Crippen molar-refractivity contribution in [3.05, 3.63) is 41.9 Å². The van der Waals surface area contributed by atoms with E-state index >= 15 is 0 Å². The first kappa shape index (κ1) is 16.5. The lowest BCUT2D eigenvalue weighted by atomic mass is 10.1. The Morgan fingerprint density at radius 3 is 3.00 bits per heavy atom. The second-order valence-electron chi connectivity index (χ2n) is 7.07. The van der Waals surface area contributed by atoms with Gasteiger partial charge in [0.2, 0.25) is 5.88 Å². The number of ether oxygens (including phenoxy) is 2. The molecule has 0 spiro atoms. The molecule has 1 atom stereocenters. The lowest BCUT2D eigenvalue weighted by Gasteiger charge is -2.34. The van der Waals surface area contributed by atoms with Crippen molar-refractivity contribution in [2.24, 2.45) is 5.92 Å². The monoisotopic (exact) mass is 342 g/mol. The van der Waals surface area contributed by atoms with Crippen LogP contribution in [0.3, 0.4) is 0 Å². The van der Waals surface area contributed by atoms with E-state index in [0.29, 0.717) is 11.9 Å². The summed E-state index contributed by atoms with van der Waals surface area (Å²) in [6.45, 7) is 4.44. The van der Waals surface area contributed by atoms with Gasteiger partial charge >= 0.3 is 0 Å². The molecule has 1 fully saturated rings. The summed E-state index contributed by atoms with van der Waals surface area (Å²) in [5, 5.41) is 4.54. The highest BCUT2D eigenvalue weighted by Crippen LogP contribution is 2.29. The molecule has 1 aliphatic carbocycles. The Morgan fingerprint density at radius 2 is 2.16 bits per heavy atom. The molecule has 0 bridgehead atoms. The summed E-state index contributed by atoms with van der Waals surface area (Å²) in [7, 11) is 1.68. The smallest absolute Gasteiger partial charge is 0.217 e. The number of aromatic nitrogens is 3. The van der Waals surface area contributed by atoms with Gasteiger partial charge in [-0.25, -0.2) is 4.98 Å². The zero-order chi connectivity index (χ0) is 17.1. The molecule has 0 aromatic carbocycles. The summed E-state index contributed by atoms with van der Waals surface area (Å²) in [6, 6.07) is 6.53. The van der Waals surface area contributed by atoms with Crippen LogP contribution in [0.25, 0.3) is 0 Å². The number of pyridine rings is 1. The van der Waals surface area contributed by atoms with Gasteiger partial charge in [-0.3, -0.25) is 9.58 Å². The largest absolute Gasteiger partial charge is 0.481 e. The maximum Gasteiger partial charge on any atom is 0.217 e. The number of nitrogens with zero attached hydrogens (tertiary/aromatic N) is 4. The van der Waals surface area contributed by atoms with Crippen molar-refractivity contribution in [2.45, 2.75) is 38.4 Å². The van der Waals surface area contributed by atoms with Crippen LogP contribution >= 0.6 is 0 Å². The molecule has 0 saturated heterocycles. The van der Waals surface area contributed by atoms with Crippen molar-refractivity contribution in [3.8, 4) is 5.88 Å². The molecule has 1 saturated carbocycles. The lowest BCUT2D eigenvalue weighted by Crippen LogP contribution is -2.37. The number of methoxy groups -OCH3 is 1. The van der Waals surface area contributed by atoms with Gasteiger partial charge in [-0.05, 0) is 37.3 Å². The summed E-state index contributed by atoms with van der Waals surface area (Å²) in [5.74, 6) is 1.53. The van der Waals surface area contributed by atoms with E-state index in [0.717, 1.165) is 50.8 Å². The third kappa shape index (κ3) is 4.02. The Labute approximate surface area is 148 Å². The van der Waals surface area contributed by atoms with Crippen LogP contribution in [-0.2, 0) is 17.8 Å². The zero-order valence-corrected chi connectivity index (χ0v) is 14.8. The van der Waals surface area contributed by atoms with Crippen LogP contribution in [0.2, 0.25) is 0 Å². The van der Waals surface area contributed by atoms with Gasteiger partial charge in [0.15, 0.2) is 0 Å². The Balaban J connectivity index is 1.40. The van der Waals surface area contributed by atoms with E-state index in [2.05, 4.69) is 31.8 Å². The molecular formula is C19H26N4O2. The van der Waals surface area contributed by atoms with Crippen LogP contribution in [0.4, 0.5) is 0 Å². The molecule has 6 nitrogen and oxygen atoms in total. The van der Waals surface area contributed by atoms with Crippen molar-refractivity contribution >= 4 is 0 Å². The topological polar surface area (TPSA) is 52.4 Å². The molecule has 134 valence electrons. The van der Waals surface area contributed by atoms with E-state index < -0.39 is 0 Å². The SMILES string of the molecule is COc1ncccc1CN1Cc2ccnn2[C@@H](CCOCC2CC2)C1. The zero-order valence-electron chi connectivity index (χ0n) is 14.8. The first-order valence-corrected chi connectivity index (χ1v) is 9.14. The fourth-order valence-electron chi connectivity index (χ4n) is 3.52. The minimum atomic E-state index is 0.362. The minimum absolute atomic E-state index is 0.362. The predicted octanol–water partition coefficient (Wildman–Crippen LogP) is 2.66. The van der Waals surface area contributed by atoms with Crippen molar-refractivity contribution in [1.29, 1.82) is 0 Å². The molecule has 2 aromatic heterocycles. The van der Waals surface area contributed by atoms with Gasteiger partial charge in [0.25, 0.3) is 0 Å². The van der Waals surface area contributed by atoms with Crippen LogP contribution in [0.15, 0.2) is 30.6 Å². The quantitative estimate of drug-likeness (QED) is 0.690. The maximum absolute atomic E-state index is 5.85. The van der Waals surface area contributed by atoms with E-state index in [1.165, 1.54) is 18.5 Å². The van der Waals surface area contributed by atoms with Crippen molar-refractivity contribution in [2.75, 3.05) is 26.9 Å². The average molecular weight is 342 g/mol. The molecule has 6 heteroatoms. The fourth-order valence-corrected chi connectivity index (χ4v) is 3.52. The van der Waals surface area contributed by atoms with Gasteiger partial charge < -0.3 is 9.47 Å². The standard InChI is InChI=1S/C19H26N4O2/c1-24-19-16(3-2-8-20-19)11-22-12-17-6-9-21-23(17)18(13-22)7-10-25-14-15-4-5-15/h2-3,6,8-9,15,18H,4-5,7,10-14H2,1H3/t18-/m0/s1. The molecule has 2 aromatic rings. The van der Waals surface area contributed by atoms with Crippen LogP contribution in [-0.4, -0.2) is 46.5 Å². The second-order valence-corrected chi connectivity index (χ2v) is 7.07. The molecule has 1 aliphatic heterocycles. The minimum Gasteiger partial charge on any atom is -0.481 e. The Morgan fingerprint density at radius 1 is 1.24 bits per heavy atom. The molecule has 25 heavy (non-hydrogen) atoms. The van der Waals surface area contributed by atoms with Gasteiger partial charge in [0.05, 0.1) is 18.8 Å². The van der Waals surface area contributed by atoms with E-state index in [9.17, 15) is 0 Å². The number of hydrogen-bond donors (Lipinski definition) is 0. The molecule has 0 N–H and O–H groups in total. The van der Waals surface area contributed by atoms with Crippen LogP contribution < -0.4 is 4.74 Å². The summed E-state index contributed by atoms with van der Waals surface area (Å²) >= 11 is 0. The van der Waals surface area contributed by atoms with Crippen LogP contribution in [0.1, 0.15) is 36.6 Å².